The zero-order valence-corrected chi connectivity index (χ0v) is 14.2. The standard InChI is InChI=1S/C18H17N5OS/c24-17(15-11-14(21-22-15)12-7-3-1-4-8-12)20-18-19-16(23-25-18)13-9-5-2-6-10-13/h1-10,14-15,21-22H,11H2,(H,19,20,23,24). The predicted molar refractivity (Wildman–Crippen MR) is 97.8 cm³/mol. The van der Waals surface area contributed by atoms with E-state index in [4.69, 9.17) is 0 Å². The molecular formula is C18H17N5OS. The van der Waals surface area contributed by atoms with Gasteiger partial charge in [-0.15, -0.1) is 0 Å². The fraction of sp³-hybridized carbons (Fsp3) is 0.167. The van der Waals surface area contributed by atoms with Gasteiger partial charge in [0.15, 0.2) is 5.82 Å². The fourth-order valence-corrected chi connectivity index (χ4v) is 3.40. The van der Waals surface area contributed by atoms with E-state index in [1.165, 1.54) is 11.5 Å². The van der Waals surface area contributed by atoms with E-state index in [0.29, 0.717) is 17.4 Å². The van der Waals surface area contributed by atoms with Crippen molar-refractivity contribution in [2.24, 2.45) is 0 Å². The van der Waals surface area contributed by atoms with Gasteiger partial charge in [0.1, 0.15) is 6.04 Å². The van der Waals surface area contributed by atoms with Crippen LogP contribution in [-0.2, 0) is 4.79 Å². The maximum absolute atomic E-state index is 12.5. The first-order valence-corrected chi connectivity index (χ1v) is 8.83. The molecule has 2 heterocycles. The number of nitrogens with one attached hydrogen (secondary N) is 3. The zero-order chi connectivity index (χ0) is 17.1. The number of hydrazine groups is 1. The number of hydrogen-bond acceptors (Lipinski definition) is 6. The van der Waals surface area contributed by atoms with E-state index in [1.807, 2.05) is 48.5 Å². The highest BCUT2D eigenvalue weighted by Crippen LogP contribution is 2.24. The van der Waals surface area contributed by atoms with Crippen LogP contribution in [0.25, 0.3) is 11.4 Å². The molecule has 1 amide bonds. The molecule has 2 aromatic carbocycles. The number of benzene rings is 2. The first-order chi connectivity index (χ1) is 12.3. The molecule has 0 radical (unpaired) electrons. The van der Waals surface area contributed by atoms with Gasteiger partial charge in [-0.2, -0.15) is 9.36 Å². The van der Waals surface area contributed by atoms with Gasteiger partial charge in [-0.05, 0) is 12.0 Å². The summed E-state index contributed by atoms with van der Waals surface area (Å²) in [6.45, 7) is 0. The van der Waals surface area contributed by atoms with Gasteiger partial charge in [0.05, 0.1) is 0 Å². The third-order valence-electron chi connectivity index (χ3n) is 4.11. The average molecular weight is 351 g/mol. The van der Waals surface area contributed by atoms with Crippen LogP contribution in [0.15, 0.2) is 60.7 Å². The van der Waals surface area contributed by atoms with Crippen molar-refractivity contribution in [1.82, 2.24) is 20.2 Å². The molecule has 0 spiro atoms. The summed E-state index contributed by atoms with van der Waals surface area (Å²) in [5.41, 5.74) is 8.33. The number of amides is 1. The van der Waals surface area contributed by atoms with Crippen molar-refractivity contribution in [3.8, 4) is 11.4 Å². The molecule has 2 unspecified atom stereocenters. The van der Waals surface area contributed by atoms with E-state index in [-0.39, 0.29) is 18.0 Å². The van der Waals surface area contributed by atoms with Crippen molar-refractivity contribution < 1.29 is 4.79 Å². The van der Waals surface area contributed by atoms with E-state index < -0.39 is 0 Å². The molecule has 7 heteroatoms. The Morgan fingerprint density at radius 1 is 1.04 bits per heavy atom. The summed E-state index contributed by atoms with van der Waals surface area (Å²) >= 11 is 1.19. The lowest BCUT2D eigenvalue weighted by atomic mass is 10.0. The average Bonchev–Trinajstić information content (AvgIpc) is 3.33. The second-order valence-corrected chi connectivity index (χ2v) is 6.57. The summed E-state index contributed by atoms with van der Waals surface area (Å²) in [4.78, 5) is 16.9. The summed E-state index contributed by atoms with van der Waals surface area (Å²) in [5, 5.41) is 3.36. The number of anilines is 1. The molecule has 1 saturated heterocycles. The van der Waals surface area contributed by atoms with Gasteiger partial charge in [0, 0.05) is 23.1 Å². The van der Waals surface area contributed by atoms with Crippen LogP contribution in [0.3, 0.4) is 0 Å². The van der Waals surface area contributed by atoms with Crippen LogP contribution in [0.2, 0.25) is 0 Å². The molecule has 3 N–H and O–H groups in total. The molecule has 0 bridgehead atoms. The van der Waals surface area contributed by atoms with Gasteiger partial charge in [-0.25, -0.2) is 10.9 Å². The van der Waals surface area contributed by atoms with Crippen LogP contribution < -0.4 is 16.2 Å². The Kier molecular flexibility index (Phi) is 4.51. The van der Waals surface area contributed by atoms with Crippen LogP contribution >= 0.6 is 11.5 Å². The van der Waals surface area contributed by atoms with Crippen LogP contribution in [0.5, 0.6) is 0 Å². The van der Waals surface area contributed by atoms with Crippen LogP contribution in [0.4, 0.5) is 5.13 Å². The minimum absolute atomic E-state index is 0.110. The summed E-state index contributed by atoms with van der Waals surface area (Å²) in [5.74, 6) is 0.516. The van der Waals surface area contributed by atoms with Crippen molar-refractivity contribution >= 4 is 22.6 Å². The maximum Gasteiger partial charge on any atom is 0.244 e. The molecule has 0 aliphatic carbocycles. The number of carbonyl (C=O) groups excluding carboxylic acids is 1. The van der Waals surface area contributed by atoms with Crippen molar-refractivity contribution in [1.29, 1.82) is 0 Å². The maximum atomic E-state index is 12.5. The van der Waals surface area contributed by atoms with Crippen molar-refractivity contribution in [3.63, 3.8) is 0 Å². The summed E-state index contributed by atoms with van der Waals surface area (Å²) < 4.78 is 4.31. The number of hydrogen-bond donors (Lipinski definition) is 3. The Morgan fingerprint density at radius 3 is 2.52 bits per heavy atom. The first kappa shape index (κ1) is 15.9. The molecule has 1 aromatic heterocycles. The Morgan fingerprint density at radius 2 is 1.76 bits per heavy atom. The van der Waals surface area contributed by atoms with E-state index >= 15 is 0 Å². The Hall–Kier alpha value is -2.61. The molecule has 0 saturated carbocycles. The highest BCUT2D eigenvalue weighted by Gasteiger charge is 2.30. The normalized spacial score (nSPS) is 19.7. The molecule has 2 atom stereocenters. The van der Waals surface area contributed by atoms with E-state index in [1.54, 1.807) is 0 Å². The minimum Gasteiger partial charge on any atom is -0.299 e. The first-order valence-electron chi connectivity index (χ1n) is 8.05. The Labute approximate surface area is 149 Å². The lowest BCUT2D eigenvalue weighted by Crippen LogP contribution is -2.39. The molecule has 1 aliphatic rings. The predicted octanol–water partition coefficient (Wildman–Crippen LogP) is 2.75. The summed E-state index contributed by atoms with van der Waals surface area (Å²) in [6.07, 6.45) is 0.681. The van der Waals surface area contributed by atoms with Crippen LogP contribution in [0.1, 0.15) is 18.0 Å². The Bertz CT molecular complexity index is 852. The molecule has 3 aromatic rings. The van der Waals surface area contributed by atoms with Crippen LogP contribution in [0, 0.1) is 0 Å². The number of aromatic nitrogens is 2. The minimum atomic E-state index is -0.311. The number of carbonyl (C=O) groups is 1. The topological polar surface area (TPSA) is 78.9 Å². The second-order valence-electron chi connectivity index (χ2n) is 5.82. The lowest BCUT2D eigenvalue weighted by Gasteiger charge is -2.09. The largest absolute Gasteiger partial charge is 0.299 e. The van der Waals surface area contributed by atoms with Gasteiger partial charge < -0.3 is 0 Å². The lowest BCUT2D eigenvalue weighted by molar-refractivity contribution is -0.117. The molecule has 4 rings (SSSR count). The summed E-state index contributed by atoms with van der Waals surface area (Å²) in [7, 11) is 0. The molecule has 126 valence electrons. The Balaban J connectivity index is 1.39. The quantitative estimate of drug-likeness (QED) is 0.674. The highest BCUT2D eigenvalue weighted by atomic mass is 32.1. The highest BCUT2D eigenvalue weighted by molar-refractivity contribution is 7.10. The SMILES string of the molecule is O=C(Nc1nc(-c2ccccc2)ns1)C1CC(c2ccccc2)NN1. The van der Waals surface area contributed by atoms with E-state index in [0.717, 1.165) is 11.1 Å². The van der Waals surface area contributed by atoms with Crippen molar-refractivity contribution in [2.75, 3.05) is 5.32 Å². The van der Waals surface area contributed by atoms with E-state index in [2.05, 4.69) is 37.7 Å². The summed E-state index contributed by atoms with van der Waals surface area (Å²) in [6, 6.07) is 19.6. The third-order valence-corrected chi connectivity index (χ3v) is 4.74. The molecule has 6 nitrogen and oxygen atoms in total. The zero-order valence-electron chi connectivity index (χ0n) is 13.3. The number of nitrogens with zero attached hydrogens (tertiary/aromatic N) is 2. The molecular weight excluding hydrogens is 334 g/mol. The monoisotopic (exact) mass is 351 g/mol. The molecule has 1 aliphatic heterocycles. The van der Waals surface area contributed by atoms with Crippen LogP contribution in [-0.4, -0.2) is 21.3 Å². The van der Waals surface area contributed by atoms with Gasteiger partial charge >= 0.3 is 0 Å². The third kappa shape index (κ3) is 3.58. The number of rotatable bonds is 4. The van der Waals surface area contributed by atoms with E-state index in [9.17, 15) is 4.79 Å². The van der Waals surface area contributed by atoms with Crippen molar-refractivity contribution in [3.05, 3.63) is 66.2 Å². The molecule has 1 fully saturated rings. The fourth-order valence-electron chi connectivity index (χ4n) is 2.80. The van der Waals surface area contributed by atoms with Gasteiger partial charge in [0.25, 0.3) is 0 Å². The molecule has 25 heavy (non-hydrogen) atoms. The van der Waals surface area contributed by atoms with Crippen molar-refractivity contribution in [2.45, 2.75) is 18.5 Å². The smallest absolute Gasteiger partial charge is 0.244 e. The second kappa shape index (κ2) is 7.10. The van der Waals surface area contributed by atoms with Gasteiger partial charge in [0.2, 0.25) is 11.0 Å². The van der Waals surface area contributed by atoms with Gasteiger partial charge in [-0.1, -0.05) is 60.7 Å². The van der Waals surface area contributed by atoms with Gasteiger partial charge in [-0.3, -0.25) is 10.1 Å².